The van der Waals surface area contributed by atoms with Gasteiger partial charge in [0.05, 0.1) is 12.2 Å². The van der Waals surface area contributed by atoms with E-state index in [1.165, 1.54) is 13.0 Å². The number of amides is 2. The normalized spacial score (nSPS) is 13.4. The van der Waals surface area contributed by atoms with Crippen molar-refractivity contribution in [3.05, 3.63) is 59.2 Å². The van der Waals surface area contributed by atoms with Crippen LogP contribution >= 0.6 is 0 Å². The maximum atomic E-state index is 13.6. The van der Waals surface area contributed by atoms with E-state index >= 15 is 0 Å². The number of hydrogen-bond donors (Lipinski definition) is 1. The number of hydrogen-bond acceptors (Lipinski definition) is 3. The Balaban J connectivity index is 1.63. The summed E-state index contributed by atoms with van der Waals surface area (Å²) in [6.45, 7) is 2.96. The highest BCUT2D eigenvalue weighted by molar-refractivity contribution is 5.90. The Morgan fingerprint density at radius 1 is 1.19 bits per heavy atom. The summed E-state index contributed by atoms with van der Waals surface area (Å²) in [5, 5.41) is 2.44. The monoisotopic (exact) mass is 374 g/mol. The lowest BCUT2D eigenvalue weighted by atomic mass is 10.0. The van der Waals surface area contributed by atoms with E-state index in [1.54, 1.807) is 4.90 Å². The Kier molecular flexibility index (Phi) is 5.69. The van der Waals surface area contributed by atoms with Crippen molar-refractivity contribution in [2.24, 2.45) is 0 Å². The number of aryl methyl sites for hydroxylation is 1. The molecule has 0 fully saturated rings. The molecule has 0 aliphatic carbocycles. The quantitative estimate of drug-likeness (QED) is 0.894. The van der Waals surface area contributed by atoms with Crippen LogP contribution in [0, 0.1) is 11.6 Å². The molecule has 1 aliphatic rings. The molecule has 0 bridgehead atoms. The van der Waals surface area contributed by atoms with Crippen LogP contribution in [-0.2, 0) is 22.6 Å². The standard InChI is InChI=1S/C20H20F2N2O3/c1-13(25)24-8-9-27-19-6-2-14(10-15(19)12-24)3-7-20(26)23-18-5-4-16(21)11-17(18)22/h2,4-6,10-11H,3,7-9,12H2,1H3,(H,23,26). The van der Waals surface area contributed by atoms with Gasteiger partial charge in [0.25, 0.3) is 0 Å². The van der Waals surface area contributed by atoms with E-state index in [0.717, 1.165) is 29.0 Å². The molecule has 7 heteroatoms. The van der Waals surface area contributed by atoms with Crippen LogP contribution in [0.4, 0.5) is 14.5 Å². The smallest absolute Gasteiger partial charge is 0.224 e. The third-order valence-electron chi connectivity index (χ3n) is 4.40. The summed E-state index contributed by atoms with van der Waals surface area (Å²) in [5.74, 6) is -1.15. The van der Waals surface area contributed by atoms with Crippen LogP contribution in [0.1, 0.15) is 24.5 Å². The maximum Gasteiger partial charge on any atom is 0.224 e. The third kappa shape index (κ3) is 4.81. The Bertz CT molecular complexity index is 870. The number of nitrogens with one attached hydrogen (secondary N) is 1. The summed E-state index contributed by atoms with van der Waals surface area (Å²) in [4.78, 5) is 25.4. The topological polar surface area (TPSA) is 58.6 Å². The summed E-state index contributed by atoms with van der Waals surface area (Å²) < 4.78 is 32.2. The molecule has 0 saturated carbocycles. The van der Waals surface area contributed by atoms with Gasteiger partial charge in [-0.2, -0.15) is 0 Å². The second-order valence-corrected chi connectivity index (χ2v) is 6.40. The fourth-order valence-electron chi connectivity index (χ4n) is 2.93. The predicted octanol–water partition coefficient (Wildman–Crippen LogP) is 3.28. The summed E-state index contributed by atoms with van der Waals surface area (Å²) in [5.41, 5.74) is 1.76. The molecule has 2 aromatic rings. The van der Waals surface area contributed by atoms with Gasteiger partial charge in [0.15, 0.2) is 0 Å². The molecule has 2 aromatic carbocycles. The van der Waals surface area contributed by atoms with E-state index in [1.807, 2.05) is 18.2 Å². The molecule has 0 atom stereocenters. The molecular weight excluding hydrogens is 354 g/mol. The van der Waals surface area contributed by atoms with Crippen molar-refractivity contribution in [1.82, 2.24) is 4.90 Å². The van der Waals surface area contributed by atoms with Crippen molar-refractivity contribution in [3.8, 4) is 5.75 Å². The van der Waals surface area contributed by atoms with Crippen LogP contribution in [0.2, 0.25) is 0 Å². The number of anilines is 1. The number of nitrogens with zero attached hydrogens (tertiary/aromatic N) is 1. The Morgan fingerprint density at radius 2 is 2.00 bits per heavy atom. The molecule has 0 aromatic heterocycles. The first-order valence-electron chi connectivity index (χ1n) is 8.67. The number of halogens is 2. The summed E-state index contributed by atoms with van der Waals surface area (Å²) >= 11 is 0. The molecule has 142 valence electrons. The second kappa shape index (κ2) is 8.16. The van der Waals surface area contributed by atoms with Gasteiger partial charge >= 0.3 is 0 Å². The first-order chi connectivity index (χ1) is 12.9. The molecule has 2 amide bonds. The summed E-state index contributed by atoms with van der Waals surface area (Å²) in [6, 6.07) is 8.63. The van der Waals surface area contributed by atoms with Crippen molar-refractivity contribution in [2.45, 2.75) is 26.3 Å². The number of carbonyl (C=O) groups is 2. The van der Waals surface area contributed by atoms with E-state index < -0.39 is 11.6 Å². The zero-order valence-electron chi connectivity index (χ0n) is 14.9. The molecule has 0 unspecified atom stereocenters. The van der Waals surface area contributed by atoms with Crippen LogP contribution < -0.4 is 10.1 Å². The molecule has 0 spiro atoms. The lowest BCUT2D eigenvalue weighted by Crippen LogP contribution is -2.30. The number of carbonyl (C=O) groups excluding carboxylic acids is 2. The van der Waals surface area contributed by atoms with Gasteiger partial charge in [-0.15, -0.1) is 0 Å². The average Bonchev–Trinajstić information content (AvgIpc) is 2.84. The molecule has 1 heterocycles. The second-order valence-electron chi connectivity index (χ2n) is 6.40. The average molecular weight is 374 g/mol. The molecular formula is C20H20F2N2O3. The van der Waals surface area contributed by atoms with Gasteiger partial charge in [0, 0.05) is 31.5 Å². The summed E-state index contributed by atoms with van der Waals surface area (Å²) in [6.07, 6.45) is 0.592. The highest BCUT2D eigenvalue weighted by Crippen LogP contribution is 2.25. The number of rotatable bonds is 4. The molecule has 1 aliphatic heterocycles. The highest BCUT2D eigenvalue weighted by atomic mass is 19.1. The Morgan fingerprint density at radius 3 is 2.74 bits per heavy atom. The molecule has 5 nitrogen and oxygen atoms in total. The number of benzene rings is 2. The van der Waals surface area contributed by atoms with Crippen molar-refractivity contribution in [1.29, 1.82) is 0 Å². The largest absolute Gasteiger partial charge is 0.491 e. The van der Waals surface area contributed by atoms with Crippen molar-refractivity contribution in [2.75, 3.05) is 18.5 Å². The molecule has 0 saturated heterocycles. The first kappa shape index (κ1) is 18.8. The van der Waals surface area contributed by atoms with E-state index in [4.69, 9.17) is 4.74 Å². The molecule has 3 rings (SSSR count). The van der Waals surface area contributed by atoms with Crippen LogP contribution in [-0.4, -0.2) is 29.9 Å². The van der Waals surface area contributed by atoms with E-state index in [-0.39, 0.29) is 23.9 Å². The van der Waals surface area contributed by atoms with Gasteiger partial charge in [-0.25, -0.2) is 8.78 Å². The fourth-order valence-corrected chi connectivity index (χ4v) is 2.93. The zero-order chi connectivity index (χ0) is 19.4. The van der Waals surface area contributed by atoms with Crippen LogP contribution in [0.25, 0.3) is 0 Å². The van der Waals surface area contributed by atoms with Crippen LogP contribution in [0.3, 0.4) is 0 Å². The van der Waals surface area contributed by atoms with Gasteiger partial charge in [-0.05, 0) is 30.2 Å². The predicted molar refractivity (Wildman–Crippen MR) is 96.3 cm³/mol. The summed E-state index contributed by atoms with van der Waals surface area (Å²) in [7, 11) is 0. The maximum absolute atomic E-state index is 13.6. The first-order valence-corrected chi connectivity index (χ1v) is 8.67. The van der Waals surface area contributed by atoms with Crippen molar-refractivity contribution < 1.29 is 23.1 Å². The van der Waals surface area contributed by atoms with E-state index in [2.05, 4.69) is 5.32 Å². The minimum atomic E-state index is -0.810. The zero-order valence-corrected chi connectivity index (χ0v) is 14.9. The van der Waals surface area contributed by atoms with E-state index in [0.29, 0.717) is 26.1 Å². The SMILES string of the molecule is CC(=O)N1CCOc2ccc(CCC(=O)Nc3ccc(F)cc3F)cc2C1. The highest BCUT2D eigenvalue weighted by Gasteiger charge is 2.17. The van der Waals surface area contributed by atoms with Gasteiger partial charge in [0.1, 0.15) is 24.0 Å². The fraction of sp³-hybridized carbons (Fsp3) is 0.300. The number of ether oxygens (including phenoxy) is 1. The van der Waals surface area contributed by atoms with Crippen LogP contribution in [0.5, 0.6) is 5.75 Å². The minimum absolute atomic E-state index is 0.0162. The number of fused-ring (bicyclic) bond motifs is 1. The van der Waals surface area contributed by atoms with Crippen LogP contribution in [0.15, 0.2) is 36.4 Å². The van der Waals surface area contributed by atoms with E-state index in [9.17, 15) is 18.4 Å². The lowest BCUT2D eigenvalue weighted by molar-refractivity contribution is -0.129. The van der Waals surface area contributed by atoms with Crippen molar-refractivity contribution >= 4 is 17.5 Å². The van der Waals surface area contributed by atoms with Gasteiger partial charge in [-0.3, -0.25) is 9.59 Å². The lowest BCUT2D eigenvalue weighted by Gasteiger charge is -2.17. The van der Waals surface area contributed by atoms with Gasteiger partial charge in [0.2, 0.25) is 11.8 Å². The Labute approximate surface area is 155 Å². The van der Waals surface area contributed by atoms with Gasteiger partial charge < -0.3 is 15.0 Å². The van der Waals surface area contributed by atoms with Gasteiger partial charge in [-0.1, -0.05) is 12.1 Å². The molecule has 0 radical (unpaired) electrons. The molecule has 27 heavy (non-hydrogen) atoms. The third-order valence-corrected chi connectivity index (χ3v) is 4.40. The Hall–Kier alpha value is -2.96. The minimum Gasteiger partial charge on any atom is -0.491 e. The van der Waals surface area contributed by atoms with Crippen molar-refractivity contribution in [3.63, 3.8) is 0 Å². The molecule has 1 N–H and O–H groups in total.